The first kappa shape index (κ1) is 18.9. The fourth-order valence-electron chi connectivity index (χ4n) is 3.58. The molecule has 144 valence electrons. The lowest BCUT2D eigenvalue weighted by atomic mass is 10.0. The van der Waals surface area contributed by atoms with Crippen LogP contribution >= 0.6 is 0 Å². The van der Waals surface area contributed by atoms with Gasteiger partial charge in [0.25, 0.3) is 0 Å². The van der Waals surface area contributed by atoms with Gasteiger partial charge in [-0.25, -0.2) is 0 Å². The number of methoxy groups -OCH3 is 1. The monoisotopic (exact) mass is 365 g/mol. The lowest BCUT2D eigenvalue weighted by Gasteiger charge is -2.37. The summed E-state index contributed by atoms with van der Waals surface area (Å²) in [5.41, 5.74) is 6.53. The molecular weight excluding hydrogens is 338 g/mol. The van der Waals surface area contributed by atoms with Crippen molar-refractivity contribution in [3.05, 3.63) is 24.3 Å². The number of piperazine rings is 1. The first-order valence-electron chi connectivity index (χ1n) is 8.92. The van der Waals surface area contributed by atoms with Gasteiger partial charge in [-0.1, -0.05) is 12.1 Å². The Labute approximate surface area is 153 Å². The molecule has 0 saturated carbocycles. The molecule has 8 nitrogen and oxygen atoms in total. The standard InChI is InChI=1S/C18H27N3O5/c1-25-13-5-3-2-4-12(13)20-6-8-21(9-7-20)16(22)10-14-17(23)18(24)15(11-19)26-14/h2-5,14-15,17-18,23-24H,6-11,19H2,1H3/t14-,15-,17+,18-/m1/s1. The van der Waals surface area contributed by atoms with Gasteiger partial charge in [-0.15, -0.1) is 0 Å². The molecule has 2 saturated heterocycles. The second kappa shape index (κ2) is 8.22. The van der Waals surface area contributed by atoms with Crippen LogP contribution in [-0.2, 0) is 9.53 Å². The zero-order valence-corrected chi connectivity index (χ0v) is 15.0. The van der Waals surface area contributed by atoms with Gasteiger partial charge in [0.05, 0.1) is 31.4 Å². The lowest BCUT2D eigenvalue weighted by molar-refractivity contribution is -0.135. The Bertz CT molecular complexity index is 621. The molecule has 2 aliphatic rings. The highest BCUT2D eigenvalue weighted by molar-refractivity contribution is 5.77. The number of ether oxygens (including phenoxy) is 2. The number of aliphatic hydroxyl groups is 2. The second-order valence-electron chi connectivity index (χ2n) is 6.67. The number of para-hydroxylation sites is 2. The van der Waals surface area contributed by atoms with Gasteiger partial charge in [-0.2, -0.15) is 0 Å². The van der Waals surface area contributed by atoms with E-state index in [4.69, 9.17) is 15.2 Å². The second-order valence-corrected chi connectivity index (χ2v) is 6.67. The van der Waals surface area contributed by atoms with Crippen LogP contribution in [0.15, 0.2) is 24.3 Å². The number of hydrogen-bond donors (Lipinski definition) is 3. The van der Waals surface area contributed by atoms with Gasteiger partial charge < -0.3 is 35.2 Å². The van der Waals surface area contributed by atoms with Gasteiger partial charge >= 0.3 is 0 Å². The SMILES string of the molecule is COc1ccccc1N1CCN(C(=O)C[C@H]2O[C@H](CN)[C@@H](O)[C@H]2O)CC1. The Morgan fingerprint density at radius 3 is 2.46 bits per heavy atom. The van der Waals surface area contributed by atoms with Gasteiger partial charge in [0, 0.05) is 32.7 Å². The number of nitrogens with two attached hydrogens (primary N) is 1. The Morgan fingerprint density at radius 2 is 1.85 bits per heavy atom. The molecular formula is C18H27N3O5. The molecule has 0 bridgehead atoms. The van der Waals surface area contributed by atoms with Gasteiger partial charge in [0.15, 0.2) is 0 Å². The van der Waals surface area contributed by atoms with Crippen LogP contribution in [0.5, 0.6) is 5.75 Å². The highest BCUT2D eigenvalue weighted by atomic mass is 16.5. The van der Waals surface area contributed by atoms with Crippen molar-refractivity contribution in [3.8, 4) is 5.75 Å². The minimum absolute atomic E-state index is 0.0450. The van der Waals surface area contributed by atoms with Crippen molar-refractivity contribution in [3.63, 3.8) is 0 Å². The minimum Gasteiger partial charge on any atom is -0.495 e. The number of amides is 1. The summed E-state index contributed by atoms with van der Waals surface area (Å²) >= 11 is 0. The molecule has 0 spiro atoms. The maximum atomic E-state index is 12.5. The van der Waals surface area contributed by atoms with Crippen LogP contribution in [0, 0.1) is 0 Å². The molecule has 1 aromatic rings. The third-order valence-electron chi connectivity index (χ3n) is 5.13. The average Bonchev–Trinajstić information content (AvgIpc) is 2.95. The summed E-state index contributed by atoms with van der Waals surface area (Å²) in [5, 5.41) is 19.9. The summed E-state index contributed by atoms with van der Waals surface area (Å²) in [5.74, 6) is 0.732. The quantitative estimate of drug-likeness (QED) is 0.626. The largest absolute Gasteiger partial charge is 0.495 e. The molecule has 4 N–H and O–H groups in total. The zero-order valence-electron chi connectivity index (χ0n) is 15.0. The lowest BCUT2D eigenvalue weighted by Crippen LogP contribution is -2.50. The molecule has 2 heterocycles. The minimum atomic E-state index is -1.08. The first-order chi connectivity index (χ1) is 12.5. The number of benzene rings is 1. The topological polar surface area (TPSA) is 108 Å². The van der Waals surface area contributed by atoms with Crippen LogP contribution < -0.4 is 15.4 Å². The first-order valence-corrected chi connectivity index (χ1v) is 8.92. The summed E-state index contributed by atoms with van der Waals surface area (Å²) in [6, 6.07) is 7.82. The Hall–Kier alpha value is -1.87. The van der Waals surface area contributed by atoms with Crippen molar-refractivity contribution in [2.45, 2.75) is 30.8 Å². The number of aliphatic hydroxyl groups excluding tert-OH is 2. The van der Waals surface area contributed by atoms with Crippen molar-refractivity contribution in [1.29, 1.82) is 0 Å². The number of rotatable bonds is 5. The van der Waals surface area contributed by atoms with Crippen molar-refractivity contribution in [2.24, 2.45) is 5.73 Å². The van der Waals surface area contributed by atoms with Gasteiger partial charge in [0.2, 0.25) is 5.91 Å². The number of carbonyl (C=O) groups is 1. The smallest absolute Gasteiger partial charge is 0.225 e. The van der Waals surface area contributed by atoms with Crippen molar-refractivity contribution in [1.82, 2.24) is 4.90 Å². The fraction of sp³-hybridized carbons (Fsp3) is 0.611. The molecule has 8 heteroatoms. The molecule has 2 aliphatic heterocycles. The van der Waals surface area contributed by atoms with Crippen LogP contribution in [-0.4, -0.2) is 85.3 Å². The highest BCUT2D eigenvalue weighted by Gasteiger charge is 2.43. The van der Waals surface area contributed by atoms with Crippen molar-refractivity contribution in [2.75, 3.05) is 44.7 Å². The third kappa shape index (κ3) is 3.78. The van der Waals surface area contributed by atoms with Gasteiger partial charge in [-0.3, -0.25) is 4.79 Å². The van der Waals surface area contributed by atoms with Gasteiger partial charge in [-0.05, 0) is 12.1 Å². The van der Waals surface area contributed by atoms with E-state index >= 15 is 0 Å². The van der Waals surface area contributed by atoms with E-state index in [1.54, 1.807) is 12.0 Å². The van der Waals surface area contributed by atoms with E-state index in [2.05, 4.69) is 4.90 Å². The molecule has 0 unspecified atom stereocenters. The summed E-state index contributed by atoms with van der Waals surface area (Å²) in [4.78, 5) is 16.5. The normalized spacial score (nSPS) is 29.1. The molecule has 26 heavy (non-hydrogen) atoms. The van der Waals surface area contributed by atoms with E-state index in [0.29, 0.717) is 26.2 Å². The molecule has 0 aliphatic carbocycles. The molecule has 1 aromatic carbocycles. The van der Waals surface area contributed by atoms with Crippen LogP contribution in [0.25, 0.3) is 0 Å². The molecule has 2 fully saturated rings. The van der Waals surface area contributed by atoms with Crippen LogP contribution in [0.2, 0.25) is 0 Å². The zero-order chi connectivity index (χ0) is 18.7. The third-order valence-corrected chi connectivity index (χ3v) is 5.13. The number of nitrogens with zero attached hydrogens (tertiary/aromatic N) is 2. The van der Waals surface area contributed by atoms with E-state index in [9.17, 15) is 15.0 Å². The summed E-state index contributed by atoms with van der Waals surface area (Å²) in [6.45, 7) is 2.69. The Balaban J connectivity index is 1.54. The molecule has 0 aromatic heterocycles. The molecule has 1 amide bonds. The van der Waals surface area contributed by atoms with Crippen LogP contribution in [0.3, 0.4) is 0 Å². The molecule has 3 rings (SSSR count). The number of anilines is 1. The Morgan fingerprint density at radius 1 is 1.19 bits per heavy atom. The maximum Gasteiger partial charge on any atom is 0.225 e. The van der Waals surface area contributed by atoms with Crippen LogP contribution in [0.1, 0.15) is 6.42 Å². The van der Waals surface area contributed by atoms with E-state index < -0.39 is 24.4 Å². The Kier molecular flexibility index (Phi) is 5.98. The van der Waals surface area contributed by atoms with Gasteiger partial charge in [0.1, 0.15) is 18.0 Å². The predicted octanol–water partition coefficient (Wildman–Crippen LogP) is -0.818. The maximum absolute atomic E-state index is 12.5. The summed E-state index contributed by atoms with van der Waals surface area (Å²) in [7, 11) is 1.65. The van der Waals surface area contributed by atoms with Crippen molar-refractivity contribution >= 4 is 11.6 Å². The summed E-state index contributed by atoms with van der Waals surface area (Å²) in [6.07, 6.45) is -3.41. The number of hydrogen-bond acceptors (Lipinski definition) is 7. The average molecular weight is 365 g/mol. The summed E-state index contributed by atoms with van der Waals surface area (Å²) < 4.78 is 10.9. The molecule has 0 radical (unpaired) electrons. The number of carbonyl (C=O) groups excluding carboxylic acids is 1. The van der Waals surface area contributed by atoms with Crippen molar-refractivity contribution < 1.29 is 24.5 Å². The molecule has 4 atom stereocenters. The highest BCUT2D eigenvalue weighted by Crippen LogP contribution is 2.29. The van der Waals surface area contributed by atoms with E-state index in [-0.39, 0.29) is 18.9 Å². The van der Waals surface area contributed by atoms with E-state index in [0.717, 1.165) is 11.4 Å². The van der Waals surface area contributed by atoms with Crippen LogP contribution in [0.4, 0.5) is 5.69 Å². The predicted molar refractivity (Wildman–Crippen MR) is 96.1 cm³/mol. The van der Waals surface area contributed by atoms with E-state index in [1.165, 1.54) is 0 Å². The van der Waals surface area contributed by atoms with E-state index in [1.807, 2.05) is 24.3 Å². The fourth-order valence-corrected chi connectivity index (χ4v) is 3.58.